The number of carbonyl (C=O) groups is 1. The molecule has 0 aliphatic carbocycles. The first kappa shape index (κ1) is 11.3. The van der Waals surface area contributed by atoms with Gasteiger partial charge in [0.25, 0.3) is 0 Å². The molecule has 1 aromatic carbocycles. The molecule has 0 heterocycles. The molecule has 15 heavy (non-hydrogen) atoms. The van der Waals surface area contributed by atoms with Gasteiger partial charge in [0.1, 0.15) is 0 Å². The molecule has 0 spiro atoms. The Balaban J connectivity index is 2.71. The number of carbonyl (C=O) groups excluding carboxylic acids is 1. The maximum atomic E-state index is 11.2. The molecule has 0 aromatic heterocycles. The van der Waals surface area contributed by atoms with Crippen molar-refractivity contribution in [1.29, 1.82) is 0 Å². The molecule has 0 atom stereocenters. The number of methoxy groups -OCH3 is 1. The number of nitrogens with one attached hydrogen (secondary N) is 1. The lowest BCUT2D eigenvalue weighted by molar-refractivity contribution is -0.116. The van der Waals surface area contributed by atoms with Gasteiger partial charge in [0.15, 0.2) is 11.5 Å². The van der Waals surface area contributed by atoms with Crippen molar-refractivity contribution in [1.82, 2.24) is 0 Å². The lowest BCUT2D eigenvalue weighted by Crippen LogP contribution is -2.16. The third-order valence-corrected chi connectivity index (χ3v) is 1.83. The summed E-state index contributed by atoms with van der Waals surface area (Å²) in [5.74, 6) is 0.178. The van der Waals surface area contributed by atoms with E-state index >= 15 is 0 Å². The van der Waals surface area contributed by atoms with Crippen molar-refractivity contribution in [3.63, 3.8) is 0 Å². The van der Waals surface area contributed by atoms with E-state index in [1.807, 2.05) is 0 Å². The second kappa shape index (κ2) is 5.21. The van der Waals surface area contributed by atoms with Crippen molar-refractivity contribution in [3.05, 3.63) is 18.2 Å². The fourth-order valence-corrected chi connectivity index (χ4v) is 1.12. The lowest BCUT2D eigenvalue weighted by atomic mass is 10.2. The van der Waals surface area contributed by atoms with Gasteiger partial charge in [-0.1, -0.05) is 0 Å². The zero-order valence-electron chi connectivity index (χ0n) is 8.49. The molecule has 0 unspecified atom stereocenters. The monoisotopic (exact) mass is 210 g/mol. The first-order chi connectivity index (χ1) is 7.17. The van der Waals surface area contributed by atoms with E-state index in [2.05, 4.69) is 5.32 Å². The Hall–Kier alpha value is -1.75. The van der Waals surface area contributed by atoms with Crippen LogP contribution >= 0.6 is 0 Å². The molecular weight excluding hydrogens is 196 g/mol. The van der Waals surface area contributed by atoms with Crippen LogP contribution in [0.3, 0.4) is 0 Å². The molecule has 0 bridgehead atoms. The van der Waals surface area contributed by atoms with Crippen LogP contribution in [0.5, 0.6) is 11.5 Å². The van der Waals surface area contributed by atoms with E-state index in [0.717, 1.165) is 0 Å². The van der Waals surface area contributed by atoms with Crippen LogP contribution in [0.25, 0.3) is 0 Å². The van der Waals surface area contributed by atoms with Gasteiger partial charge in [-0.15, -0.1) is 0 Å². The van der Waals surface area contributed by atoms with Gasteiger partial charge in [-0.2, -0.15) is 0 Å². The maximum Gasteiger partial charge on any atom is 0.225 e. The van der Waals surface area contributed by atoms with Gasteiger partial charge in [0.05, 0.1) is 7.11 Å². The molecule has 1 amide bonds. The Bertz CT molecular complexity index is 353. The van der Waals surface area contributed by atoms with Crippen LogP contribution in [-0.4, -0.2) is 24.7 Å². The number of nitrogens with two attached hydrogens (primary N) is 1. The summed E-state index contributed by atoms with van der Waals surface area (Å²) in [5, 5.41) is 12.0. The minimum absolute atomic E-state index is 0.0111. The van der Waals surface area contributed by atoms with Gasteiger partial charge in [-0.25, -0.2) is 0 Å². The highest BCUT2D eigenvalue weighted by molar-refractivity contribution is 5.91. The fraction of sp³-hybridized carbons (Fsp3) is 0.300. The number of amides is 1. The van der Waals surface area contributed by atoms with Crippen LogP contribution < -0.4 is 15.8 Å². The normalized spacial score (nSPS) is 9.73. The van der Waals surface area contributed by atoms with Crippen molar-refractivity contribution in [3.8, 4) is 11.5 Å². The van der Waals surface area contributed by atoms with E-state index in [4.69, 9.17) is 10.5 Å². The van der Waals surface area contributed by atoms with Gasteiger partial charge in [0, 0.05) is 24.7 Å². The molecule has 1 aromatic rings. The molecule has 0 fully saturated rings. The second-order valence-electron chi connectivity index (χ2n) is 2.97. The largest absolute Gasteiger partial charge is 0.504 e. The van der Waals surface area contributed by atoms with Gasteiger partial charge >= 0.3 is 0 Å². The highest BCUT2D eigenvalue weighted by atomic mass is 16.5. The molecule has 82 valence electrons. The zero-order valence-corrected chi connectivity index (χ0v) is 8.49. The summed E-state index contributed by atoms with van der Waals surface area (Å²) in [7, 11) is 1.46. The van der Waals surface area contributed by atoms with Crippen LogP contribution in [0.4, 0.5) is 5.69 Å². The topological polar surface area (TPSA) is 84.6 Å². The molecule has 5 heteroatoms. The standard InChI is InChI=1S/C10H14N2O3/c1-15-9-3-2-7(6-8(9)13)12-10(14)4-5-11/h2-3,6,13H,4-5,11H2,1H3,(H,12,14). The van der Waals surface area contributed by atoms with Crippen LogP contribution in [0.15, 0.2) is 18.2 Å². The highest BCUT2D eigenvalue weighted by Crippen LogP contribution is 2.28. The quantitative estimate of drug-likeness (QED) is 0.682. The summed E-state index contributed by atoms with van der Waals surface area (Å²) in [6.07, 6.45) is 0.257. The molecule has 5 nitrogen and oxygen atoms in total. The van der Waals surface area contributed by atoms with Crippen LogP contribution in [0, 0.1) is 0 Å². The van der Waals surface area contributed by atoms with E-state index < -0.39 is 0 Å². The van der Waals surface area contributed by atoms with Crippen molar-refractivity contribution < 1.29 is 14.6 Å². The number of benzene rings is 1. The van der Waals surface area contributed by atoms with Crippen molar-refractivity contribution >= 4 is 11.6 Å². The van der Waals surface area contributed by atoms with E-state index in [0.29, 0.717) is 18.0 Å². The Labute approximate surface area is 87.9 Å². The molecule has 4 N–H and O–H groups in total. The third kappa shape index (κ3) is 3.14. The highest BCUT2D eigenvalue weighted by Gasteiger charge is 2.04. The molecule has 0 saturated carbocycles. The summed E-state index contributed by atoms with van der Waals surface area (Å²) in [6.45, 7) is 0.300. The maximum absolute atomic E-state index is 11.2. The number of hydrogen-bond donors (Lipinski definition) is 3. The Morgan fingerprint density at radius 1 is 1.60 bits per heavy atom. The third-order valence-electron chi connectivity index (χ3n) is 1.83. The lowest BCUT2D eigenvalue weighted by Gasteiger charge is -2.07. The van der Waals surface area contributed by atoms with Gasteiger partial charge in [0.2, 0.25) is 5.91 Å². The van der Waals surface area contributed by atoms with Gasteiger partial charge < -0.3 is 20.9 Å². The minimum Gasteiger partial charge on any atom is -0.504 e. The van der Waals surface area contributed by atoms with E-state index in [1.165, 1.54) is 13.2 Å². The second-order valence-corrected chi connectivity index (χ2v) is 2.97. The number of phenolic OH excluding ortho intramolecular Hbond substituents is 1. The molecular formula is C10H14N2O3. The van der Waals surface area contributed by atoms with Crippen LogP contribution in [0.2, 0.25) is 0 Å². The number of phenols is 1. The van der Waals surface area contributed by atoms with Crippen LogP contribution in [-0.2, 0) is 4.79 Å². The first-order valence-corrected chi connectivity index (χ1v) is 4.54. The Morgan fingerprint density at radius 3 is 2.87 bits per heavy atom. The van der Waals surface area contributed by atoms with Crippen LogP contribution in [0.1, 0.15) is 6.42 Å². The number of ether oxygens (including phenoxy) is 1. The predicted octanol–water partition coefficient (Wildman–Crippen LogP) is 0.688. The molecule has 0 aliphatic rings. The molecule has 0 aliphatic heterocycles. The smallest absolute Gasteiger partial charge is 0.225 e. The fourth-order valence-electron chi connectivity index (χ4n) is 1.12. The zero-order chi connectivity index (χ0) is 11.3. The van der Waals surface area contributed by atoms with Gasteiger partial charge in [-0.3, -0.25) is 4.79 Å². The number of hydrogen-bond acceptors (Lipinski definition) is 4. The molecule has 0 radical (unpaired) electrons. The number of anilines is 1. The SMILES string of the molecule is COc1ccc(NC(=O)CCN)cc1O. The van der Waals surface area contributed by atoms with Crippen molar-refractivity contribution in [2.24, 2.45) is 5.73 Å². The first-order valence-electron chi connectivity index (χ1n) is 4.54. The summed E-state index contributed by atoms with van der Waals surface area (Å²) in [4.78, 5) is 11.2. The average molecular weight is 210 g/mol. The van der Waals surface area contributed by atoms with E-state index in [9.17, 15) is 9.90 Å². The molecule has 0 saturated heterocycles. The summed E-state index contributed by atoms with van der Waals surface area (Å²) in [6, 6.07) is 4.65. The minimum atomic E-state index is -0.179. The van der Waals surface area contributed by atoms with E-state index in [-0.39, 0.29) is 18.1 Å². The Kier molecular flexibility index (Phi) is 3.93. The predicted molar refractivity (Wildman–Crippen MR) is 57.0 cm³/mol. The molecule has 1 rings (SSSR count). The Morgan fingerprint density at radius 2 is 2.33 bits per heavy atom. The summed E-state index contributed by atoms with van der Waals surface area (Å²) >= 11 is 0. The number of rotatable bonds is 4. The van der Waals surface area contributed by atoms with Crippen molar-refractivity contribution in [2.75, 3.05) is 19.0 Å². The summed E-state index contributed by atoms with van der Waals surface area (Å²) < 4.78 is 4.87. The number of aromatic hydroxyl groups is 1. The van der Waals surface area contributed by atoms with Gasteiger partial charge in [-0.05, 0) is 12.1 Å². The average Bonchev–Trinajstić information content (AvgIpc) is 2.18. The van der Waals surface area contributed by atoms with E-state index in [1.54, 1.807) is 12.1 Å². The summed E-state index contributed by atoms with van der Waals surface area (Å²) in [5.41, 5.74) is 5.75. The van der Waals surface area contributed by atoms with Crippen molar-refractivity contribution in [2.45, 2.75) is 6.42 Å².